The summed E-state index contributed by atoms with van der Waals surface area (Å²) in [5.41, 5.74) is 3.04. The van der Waals surface area contributed by atoms with Crippen molar-refractivity contribution in [3.05, 3.63) is 16.6 Å². The molecule has 0 saturated heterocycles. The Hall–Kier alpha value is -0.460. The van der Waals surface area contributed by atoms with Crippen molar-refractivity contribution in [2.24, 2.45) is 0 Å². The summed E-state index contributed by atoms with van der Waals surface area (Å²) in [6.45, 7) is 2.60. The summed E-state index contributed by atoms with van der Waals surface area (Å²) in [6.07, 6.45) is 0.446. The fourth-order valence-electron chi connectivity index (χ4n) is 1.000. The van der Waals surface area contributed by atoms with Gasteiger partial charge in [-0.2, -0.15) is 13.0 Å². The summed E-state index contributed by atoms with van der Waals surface area (Å²) >= 11 is 1.58. The van der Waals surface area contributed by atoms with Gasteiger partial charge in [-0.05, 0) is 0 Å². The molecule has 1 N–H and O–H groups in total. The first-order valence-corrected chi connectivity index (χ1v) is 6.41. The fourth-order valence-corrected chi connectivity index (χ4v) is 2.31. The molecule has 1 aromatic heterocycles. The molecule has 0 fully saturated rings. The average molecular weight is 222 g/mol. The number of hydrogen-bond acceptors (Lipinski definition) is 3. The Kier molecular flexibility index (Phi) is 3.40. The summed E-state index contributed by atoms with van der Waals surface area (Å²) in [7, 11) is -3.80. The molecule has 0 atom stereocenters. The second-order valence-electron chi connectivity index (χ2n) is 2.83. The Labute approximate surface area is 81.6 Å². The van der Waals surface area contributed by atoms with E-state index in [0.29, 0.717) is 13.0 Å². The molecule has 0 radical (unpaired) electrons. The molecule has 74 valence electrons. The molecule has 1 aromatic rings. The molecule has 0 spiro atoms. The van der Waals surface area contributed by atoms with Crippen molar-refractivity contribution in [3.63, 3.8) is 0 Å². The molecule has 13 heavy (non-hydrogen) atoms. The lowest BCUT2D eigenvalue weighted by Crippen LogP contribution is -2.34. The van der Waals surface area contributed by atoms with Gasteiger partial charge in [0, 0.05) is 13.3 Å². The zero-order valence-corrected chi connectivity index (χ0v) is 8.94. The molecular formula is C7H12NO3S2+. The number of aryl methyl sites for hydroxylation is 2. The van der Waals surface area contributed by atoms with Gasteiger partial charge in [0.2, 0.25) is 5.51 Å². The fraction of sp³-hybridized carbons (Fsp3) is 0.571. The molecule has 0 saturated carbocycles. The van der Waals surface area contributed by atoms with Gasteiger partial charge in [-0.15, -0.1) is 0 Å². The highest BCUT2D eigenvalue weighted by Crippen LogP contribution is 1.97. The van der Waals surface area contributed by atoms with Crippen LogP contribution >= 0.6 is 11.3 Å². The van der Waals surface area contributed by atoms with E-state index in [0.717, 1.165) is 5.69 Å². The van der Waals surface area contributed by atoms with Gasteiger partial charge in [0.1, 0.15) is 0 Å². The van der Waals surface area contributed by atoms with E-state index in [-0.39, 0.29) is 5.75 Å². The topological polar surface area (TPSA) is 58.2 Å². The lowest BCUT2D eigenvalue weighted by atomic mass is 10.4. The Bertz CT molecular complexity index is 369. The number of thiazole rings is 1. The van der Waals surface area contributed by atoms with E-state index in [1.54, 1.807) is 11.3 Å². The summed E-state index contributed by atoms with van der Waals surface area (Å²) in [6, 6.07) is 0. The van der Waals surface area contributed by atoms with E-state index in [4.69, 9.17) is 4.55 Å². The van der Waals surface area contributed by atoms with E-state index < -0.39 is 10.1 Å². The smallest absolute Gasteiger partial charge is 0.265 e. The van der Waals surface area contributed by atoms with Crippen molar-refractivity contribution in [1.29, 1.82) is 0 Å². The van der Waals surface area contributed by atoms with Crippen molar-refractivity contribution >= 4 is 21.5 Å². The maximum absolute atomic E-state index is 10.4. The van der Waals surface area contributed by atoms with Gasteiger partial charge in [-0.3, -0.25) is 4.55 Å². The van der Waals surface area contributed by atoms with E-state index in [1.165, 1.54) is 0 Å². The zero-order chi connectivity index (χ0) is 9.90. The molecule has 0 aliphatic rings. The predicted molar refractivity (Wildman–Crippen MR) is 50.3 cm³/mol. The van der Waals surface area contributed by atoms with E-state index >= 15 is 0 Å². The third-order valence-corrected chi connectivity index (χ3v) is 3.34. The van der Waals surface area contributed by atoms with Gasteiger partial charge in [-0.25, -0.2) is 0 Å². The summed E-state index contributed by atoms with van der Waals surface area (Å²) in [4.78, 5) is 0. The molecular weight excluding hydrogens is 210 g/mol. The lowest BCUT2D eigenvalue weighted by molar-refractivity contribution is -0.697. The quantitative estimate of drug-likeness (QED) is 0.600. The standard InChI is InChI=1S/C7H11NO3S2/c1-7-5-12-6-8(7)3-2-4-13(9,10)11/h5-6H,2-4H2,1H3/p+1. The average Bonchev–Trinajstić information content (AvgIpc) is 2.34. The molecule has 0 unspecified atom stereocenters. The summed E-state index contributed by atoms with van der Waals surface area (Å²) < 4.78 is 31.2. The highest BCUT2D eigenvalue weighted by molar-refractivity contribution is 7.85. The van der Waals surface area contributed by atoms with Gasteiger partial charge in [-0.1, -0.05) is 11.3 Å². The lowest BCUT2D eigenvalue weighted by Gasteiger charge is -1.94. The molecule has 4 nitrogen and oxygen atoms in total. The second kappa shape index (κ2) is 4.17. The number of nitrogens with zero attached hydrogens (tertiary/aromatic N) is 1. The van der Waals surface area contributed by atoms with Crippen LogP contribution in [0.15, 0.2) is 10.9 Å². The normalized spacial score (nSPS) is 11.8. The predicted octanol–water partition coefficient (Wildman–Crippen LogP) is 0.622. The minimum Gasteiger partial charge on any atom is -0.286 e. The van der Waals surface area contributed by atoms with Gasteiger partial charge in [0.15, 0.2) is 12.2 Å². The van der Waals surface area contributed by atoms with Crippen LogP contribution in [0.25, 0.3) is 0 Å². The molecule has 1 heterocycles. The van der Waals surface area contributed by atoms with Crippen LogP contribution < -0.4 is 4.57 Å². The highest BCUT2D eigenvalue weighted by Gasteiger charge is 2.09. The largest absolute Gasteiger partial charge is 0.286 e. The first-order valence-electron chi connectivity index (χ1n) is 3.86. The Balaban J connectivity index is 2.41. The van der Waals surface area contributed by atoms with E-state index in [9.17, 15) is 8.42 Å². The van der Waals surface area contributed by atoms with Crippen molar-refractivity contribution in [2.75, 3.05) is 5.75 Å². The van der Waals surface area contributed by atoms with Crippen molar-refractivity contribution in [1.82, 2.24) is 0 Å². The molecule has 6 heteroatoms. The van der Waals surface area contributed by atoms with Crippen LogP contribution in [0.2, 0.25) is 0 Å². The van der Waals surface area contributed by atoms with Crippen molar-refractivity contribution in [3.8, 4) is 0 Å². The second-order valence-corrected chi connectivity index (χ2v) is 5.12. The van der Waals surface area contributed by atoms with Crippen LogP contribution in [0.1, 0.15) is 12.1 Å². The SMILES string of the molecule is Cc1csc[n+]1CCCS(=O)(=O)O. The number of aromatic nitrogens is 1. The van der Waals surface area contributed by atoms with Crippen LogP contribution in [-0.2, 0) is 16.7 Å². The molecule has 0 aromatic carbocycles. The van der Waals surface area contributed by atoms with E-state index in [1.807, 2.05) is 22.4 Å². The Morgan fingerprint density at radius 2 is 2.31 bits per heavy atom. The van der Waals surface area contributed by atoms with Gasteiger partial charge < -0.3 is 0 Å². The minimum absolute atomic E-state index is 0.171. The third kappa shape index (κ3) is 3.84. The molecule has 0 aliphatic heterocycles. The van der Waals surface area contributed by atoms with Crippen LogP contribution in [0.4, 0.5) is 0 Å². The van der Waals surface area contributed by atoms with Gasteiger partial charge in [0.25, 0.3) is 10.1 Å². The Morgan fingerprint density at radius 3 is 2.77 bits per heavy atom. The monoisotopic (exact) mass is 222 g/mol. The van der Waals surface area contributed by atoms with Crippen molar-refractivity contribution < 1.29 is 17.5 Å². The number of hydrogen-bond donors (Lipinski definition) is 1. The van der Waals surface area contributed by atoms with Gasteiger partial charge >= 0.3 is 0 Å². The molecule has 0 amide bonds. The van der Waals surface area contributed by atoms with Gasteiger partial charge in [0.05, 0.1) is 11.1 Å². The van der Waals surface area contributed by atoms with Crippen LogP contribution in [0, 0.1) is 6.92 Å². The minimum atomic E-state index is -3.80. The van der Waals surface area contributed by atoms with Crippen LogP contribution in [0.3, 0.4) is 0 Å². The summed E-state index contributed by atoms with van der Waals surface area (Å²) in [5.74, 6) is -0.171. The van der Waals surface area contributed by atoms with E-state index in [2.05, 4.69) is 0 Å². The maximum atomic E-state index is 10.4. The van der Waals surface area contributed by atoms with Crippen LogP contribution in [0.5, 0.6) is 0 Å². The zero-order valence-electron chi connectivity index (χ0n) is 7.30. The third-order valence-electron chi connectivity index (χ3n) is 1.68. The molecule has 0 bridgehead atoms. The van der Waals surface area contributed by atoms with Crippen molar-refractivity contribution in [2.45, 2.75) is 19.9 Å². The number of rotatable bonds is 4. The van der Waals surface area contributed by atoms with Crippen LogP contribution in [-0.4, -0.2) is 18.7 Å². The Morgan fingerprint density at radius 1 is 1.62 bits per heavy atom. The highest BCUT2D eigenvalue weighted by atomic mass is 32.2. The first kappa shape index (κ1) is 10.6. The molecule has 0 aliphatic carbocycles. The first-order chi connectivity index (χ1) is 5.99. The summed E-state index contributed by atoms with van der Waals surface area (Å²) in [5, 5.41) is 1.99. The maximum Gasteiger partial charge on any atom is 0.265 e. The molecule has 1 rings (SSSR count).